The van der Waals surface area contributed by atoms with Crippen LogP contribution in [0.4, 0.5) is 5.69 Å². The zero-order valence-corrected chi connectivity index (χ0v) is 12.7. The molecule has 0 unspecified atom stereocenters. The van der Waals surface area contributed by atoms with E-state index in [9.17, 15) is 9.90 Å². The summed E-state index contributed by atoms with van der Waals surface area (Å²) in [6, 6.07) is 16.3. The highest BCUT2D eigenvalue weighted by Crippen LogP contribution is 2.23. The van der Waals surface area contributed by atoms with E-state index in [1.165, 1.54) is 0 Å². The van der Waals surface area contributed by atoms with E-state index in [-0.39, 0.29) is 5.91 Å². The van der Waals surface area contributed by atoms with Gasteiger partial charge in [-0.05, 0) is 37.3 Å². The van der Waals surface area contributed by atoms with Crippen molar-refractivity contribution < 1.29 is 9.90 Å². The van der Waals surface area contributed by atoms with Gasteiger partial charge in [-0.2, -0.15) is 5.10 Å². The van der Waals surface area contributed by atoms with Gasteiger partial charge in [0.05, 0.1) is 11.8 Å². The number of para-hydroxylation sites is 1. The predicted molar refractivity (Wildman–Crippen MR) is 88.6 cm³/mol. The second-order valence-corrected chi connectivity index (χ2v) is 5.22. The average Bonchev–Trinajstić information content (AvgIpc) is 3.10. The summed E-state index contributed by atoms with van der Waals surface area (Å²) in [5, 5.41) is 16.8. The smallest absolute Gasteiger partial charge is 0.255 e. The van der Waals surface area contributed by atoms with Crippen LogP contribution in [0.3, 0.4) is 0 Å². The highest BCUT2D eigenvalue weighted by molar-refractivity contribution is 6.05. The van der Waals surface area contributed by atoms with Crippen molar-refractivity contribution in [1.82, 2.24) is 9.78 Å². The first kappa shape index (κ1) is 15.0. The quantitative estimate of drug-likeness (QED) is 0.778. The molecular weight excluding hydrogens is 290 g/mol. The maximum Gasteiger partial charge on any atom is 0.255 e. The van der Waals surface area contributed by atoms with Gasteiger partial charge in [0.25, 0.3) is 5.91 Å². The Balaban J connectivity index is 1.86. The molecule has 23 heavy (non-hydrogen) atoms. The Morgan fingerprint density at radius 3 is 2.74 bits per heavy atom. The lowest BCUT2D eigenvalue weighted by Gasteiger charge is -2.13. The van der Waals surface area contributed by atoms with Gasteiger partial charge < -0.3 is 10.4 Å². The first-order valence-electron chi connectivity index (χ1n) is 7.33. The van der Waals surface area contributed by atoms with Crippen LogP contribution in [-0.2, 0) is 0 Å². The Morgan fingerprint density at radius 1 is 1.17 bits per heavy atom. The van der Waals surface area contributed by atoms with E-state index < -0.39 is 6.10 Å². The monoisotopic (exact) mass is 307 g/mol. The first-order chi connectivity index (χ1) is 11.1. The third kappa shape index (κ3) is 3.30. The number of nitrogens with one attached hydrogen (secondary N) is 1. The van der Waals surface area contributed by atoms with Crippen molar-refractivity contribution in [2.24, 2.45) is 0 Å². The topological polar surface area (TPSA) is 67.2 Å². The maximum absolute atomic E-state index is 12.5. The molecule has 0 saturated heterocycles. The van der Waals surface area contributed by atoms with Gasteiger partial charge in [0.2, 0.25) is 0 Å². The van der Waals surface area contributed by atoms with E-state index in [0.29, 0.717) is 16.8 Å². The van der Waals surface area contributed by atoms with Gasteiger partial charge in [-0.3, -0.25) is 4.79 Å². The van der Waals surface area contributed by atoms with Gasteiger partial charge in [-0.1, -0.05) is 24.3 Å². The molecule has 0 saturated carbocycles. The lowest BCUT2D eigenvalue weighted by Crippen LogP contribution is -2.14. The molecule has 2 N–H and O–H groups in total. The Hall–Kier alpha value is -2.92. The predicted octanol–water partition coefficient (Wildman–Crippen LogP) is 3.18. The number of hydrogen-bond donors (Lipinski definition) is 2. The first-order valence-corrected chi connectivity index (χ1v) is 7.33. The highest BCUT2D eigenvalue weighted by atomic mass is 16.3. The number of aliphatic hydroxyl groups is 1. The van der Waals surface area contributed by atoms with Crippen molar-refractivity contribution >= 4 is 11.6 Å². The molecule has 0 aliphatic rings. The Morgan fingerprint density at radius 2 is 2.00 bits per heavy atom. The SMILES string of the molecule is C[C@H](O)c1ccccc1NC(=O)c1cccc(-n2cccn2)c1. The third-order valence-corrected chi connectivity index (χ3v) is 3.54. The van der Waals surface area contributed by atoms with Crippen molar-refractivity contribution in [2.45, 2.75) is 13.0 Å². The second kappa shape index (κ2) is 6.46. The summed E-state index contributed by atoms with van der Waals surface area (Å²) in [5.74, 6) is -0.230. The molecule has 1 aromatic heterocycles. The zero-order chi connectivity index (χ0) is 16.2. The summed E-state index contributed by atoms with van der Waals surface area (Å²) in [5.41, 5.74) is 2.63. The summed E-state index contributed by atoms with van der Waals surface area (Å²) in [6.45, 7) is 1.67. The number of hydrogen-bond acceptors (Lipinski definition) is 3. The van der Waals surface area contributed by atoms with Crippen molar-refractivity contribution in [3.05, 3.63) is 78.1 Å². The summed E-state index contributed by atoms with van der Waals surface area (Å²) in [4.78, 5) is 12.5. The molecule has 3 aromatic rings. The Labute approximate surface area is 134 Å². The highest BCUT2D eigenvalue weighted by Gasteiger charge is 2.12. The van der Waals surface area contributed by atoms with Crippen LogP contribution in [0.1, 0.15) is 28.9 Å². The van der Waals surface area contributed by atoms with E-state index in [2.05, 4.69) is 10.4 Å². The molecule has 1 atom stereocenters. The third-order valence-electron chi connectivity index (χ3n) is 3.54. The van der Waals surface area contributed by atoms with Gasteiger partial charge >= 0.3 is 0 Å². The van der Waals surface area contributed by atoms with E-state index in [1.807, 2.05) is 36.5 Å². The van der Waals surface area contributed by atoms with Crippen LogP contribution in [0.25, 0.3) is 5.69 Å². The van der Waals surface area contributed by atoms with Crippen LogP contribution in [0, 0.1) is 0 Å². The van der Waals surface area contributed by atoms with Crippen LogP contribution in [0.15, 0.2) is 67.0 Å². The van der Waals surface area contributed by atoms with Crippen molar-refractivity contribution in [2.75, 3.05) is 5.32 Å². The summed E-state index contributed by atoms with van der Waals surface area (Å²) in [7, 11) is 0. The van der Waals surface area contributed by atoms with E-state index >= 15 is 0 Å². The lowest BCUT2D eigenvalue weighted by atomic mass is 10.1. The average molecular weight is 307 g/mol. The number of rotatable bonds is 4. The number of benzene rings is 2. The van der Waals surface area contributed by atoms with Gasteiger partial charge in [-0.25, -0.2) is 4.68 Å². The van der Waals surface area contributed by atoms with E-state index in [4.69, 9.17) is 0 Å². The fourth-order valence-electron chi connectivity index (χ4n) is 2.38. The Kier molecular flexibility index (Phi) is 4.21. The van der Waals surface area contributed by atoms with Crippen molar-refractivity contribution in [3.63, 3.8) is 0 Å². The summed E-state index contributed by atoms with van der Waals surface area (Å²) in [6.07, 6.45) is 2.85. The fraction of sp³-hybridized carbons (Fsp3) is 0.111. The molecule has 2 aromatic carbocycles. The number of aromatic nitrogens is 2. The van der Waals surface area contributed by atoms with Gasteiger partial charge in [-0.15, -0.1) is 0 Å². The van der Waals surface area contributed by atoms with Crippen LogP contribution in [0.2, 0.25) is 0 Å². The van der Waals surface area contributed by atoms with Gasteiger partial charge in [0, 0.05) is 29.2 Å². The minimum atomic E-state index is -0.651. The van der Waals surface area contributed by atoms with Gasteiger partial charge in [0.15, 0.2) is 0 Å². The number of carbonyl (C=O) groups is 1. The number of carbonyl (C=O) groups excluding carboxylic acids is 1. The normalized spacial score (nSPS) is 11.9. The number of anilines is 1. The molecule has 0 radical (unpaired) electrons. The lowest BCUT2D eigenvalue weighted by molar-refractivity contribution is 0.102. The van der Waals surface area contributed by atoms with Crippen LogP contribution < -0.4 is 5.32 Å². The largest absolute Gasteiger partial charge is 0.389 e. The Bertz CT molecular complexity index is 811. The standard InChI is InChI=1S/C18H17N3O2/c1-13(22)16-8-2-3-9-17(16)20-18(23)14-6-4-7-15(12-14)21-11-5-10-19-21/h2-13,22H,1H3,(H,20,23)/t13-/m0/s1. The number of aliphatic hydroxyl groups excluding tert-OH is 1. The molecule has 3 rings (SSSR count). The molecule has 1 amide bonds. The van der Waals surface area contributed by atoms with Crippen LogP contribution >= 0.6 is 0 Å². The number of nitrogens with zero attached hydrogens (tertiary/aromatic N) is 2. The molecular formula is C18H17N3O2. The van der Waals surface area contributed by atoms with E-state index in [1.54, 1.807) is 42.1 Å². The molecule has 0 aliphatic carbocycles. The fourth-order valence-corrected chi connectivity index (χ4v) is 2.38. The molecule has 0 spiro atoms. The maximum atomic E-state index is 12.5. The molecule has 5 heteroatoms. The molecule has 0 aliphatic heterocycles. The number of amides is 1. The minimum absolute atomic E-state index is 0.230. The van der Waals surface area contributed by atoms with Crippen LogP contribution in [0.5, 0.6) is 0 Å². The molecule has 1 heterocycles. The van der Waals surface area contributed by atoms with Gasteiger partial charge in [0.1, 0.15) is 0 Å². The summed E-state index contributed by atoms with van der Waals surface area (Å²) < 4.78 is 1.69. The molecule has 0 bridgehead atoms. The molecule has 116 valence electrons. The van der Waals surface area contributed by atoms with E-state index in [0.717, 1.165) is 5.69 Å². The summed E-state index contributed by atoms with van der Waals surface area (Å²) >= 11 is 0. The van der Waals surface area contributed by atoms with Crippen molar-refractivity contribution in [3.8, 4) is 5.69 Å². The van der Waals surface area contributed by atoms with Crippen LogP contribution in [-0.4, -0.2) is 20.8 Å². The molecule has 0 fully saturated rings. The molecule has 5 nitrogen and oxygen atoms in total. The zero-order valence-electron chi connectivity index (χ0n) is 12.7. The minimum Gasteiger partial charge on any atom is -0.389 e. The van der Waals surface area contributed by atoms with Crippen molar-refractivity contribution in [1.29, 1.82) is 0 Å². The second-order valence-electron chi connectivity index (χ2n) is 5.22.